The lowest BCUT2D eigenvalue weighted by molar-refractivity contribution is 0.0952. The molecule has 4 rings (SSSR count). The Hall–Kier alpha value is -3.94. The summed E-state index contributed by atoms with van der Waals surface area (Å²) < 4.78 is 21.2. The van der Waals surface area contributed by atoms with Gasteiger partial charge in [-0.2, -0.15) is 5.10 Å². The van der Waals surface area contributed by atoms with E-state index in [1.807, 2.05) is 24.3 Å². The Morgan fingerprint density at radius 3 is 2.53 bits per heavy atom. The van der Waals surface area contributed by atoms with Crippen molar-refractivity contribution in [3.63, 3.8) is 0 Å². The van der Waals surface area contributed by atoms with Crippen molar-refractivity contribution < 1.29 is 13.9 Å². The van der Waals surface area contributed by atoms with Crippen LogP contribution in [0.5, 0.6) is 5.75 Å². The van der Waals surface area contributed by atoms with Gasteiger partial charge < -0.3 is 14.6 Å². The summed E-state index contributed by atoms with van der Waals surface area (Å²) in [7, 11) is 1.60. The molecule has 0 fully saturated rings. The second-order valence-corrected chi connectivity index (χ2v) is 6.65. The molecule has 0 bridgehead atoms. The van der Waals surface area contributed by atoms with Crippen LogP contribution in [-0.4, -0.2) is 33.7 Å². The molecule has 7 nitrogen and oxygen atoms in total. The Bertz CT molecular complexity index is 1240. The van der Waals surface area contributed by atoms with E-state index in [1.165, 1.54) is 33.3 Å². The Morgan fingerprint density at radius 2 is 1.83 bits per heavy atom. The van der Waals surface area contributed by atoms with Gasteiger partial charge in [-0.25, -0.2) is 8.91 Å². The standard InChI is InChI=1S/C22H19FN4O3/c1-30-18-8-4-15(5-9-18)19-14-20-22(29)26(12-13-27(20)25-19)11-10-24-21(28)16-2-6-17(23)7-3-16/h2-9,12-14H,10-11H2,1H3,(H,24,28). The molecule has 2 heterocycles. The number of ether oxygens (including phenoxy) is 1. The van der Waals surface area contributed by atoms with Crippen LogP contribution in [0.2, 0.25) is 0 Å². The van der Waals surface area contributed by atoms with Gasteiger partial charge in [0.15, 0.2) is 0 Å². The molecular formula is C22H19FN4O3. The second-order valence-electron chi connectivity index (χ2n) is 6.65. The molecule has 30 heavy (non-hydrogen) atoms. The lowest BCUT2D eigenvalue weighted by atomic mass is 10.1. The molecule has 152 valence electrons. The van der Waals surface area contributed by atoms with E-state index in [-0.39, 0.29) is 18.0 Å². The van der Waals surface area contributed by atoms with E-state index in [4.69, 9.17) is 4.74 Å². The minimum atomic E-state index is -0.402. The van der Waals surface area contributed by atoms with E-state index in [9.17, 15) is 14.0 Å². The highest BCUT2D eigenvalue weighted by atomic mass is 19.1. The average molecular weight is 406 g/mol. The fourth-order valence-corrected chi connectivity index (χ4v) is 3.10. The zero-order valence-electron chi connectivity index (χ0n) is 16.2. The third-order valence-electron chi connectivity index (χ3n) is 4.73. The van der Waals surface area contributed by atoms with E-state index in [0.717, 1.165) is 11.3 Å². The van der Waals surface area contributed by atoms with Gasteiger partial charge in [0.05, 0.1) is 12.8 Å². The number of amides is 1. The molecule has 0 unspecified atom stereocenters. The Morgan fingerprint density at radius 1 is 1.10 bits per heavy atom. The first-order chi connectivity index (χ1) is 14.5. The van der Waals surface area contributed by atoms with Crippen LogP contribution in [0, 0.1) is 5.82 Å². The van der Waals surface area contributed by atoms with Crippen LogP contribution in [0.1, 0.15) is 10.4 Å². The number of methoxy groups -OCH3 is 1. The Kier molecular flexibility index (Phi) is 5.30. The van der Waals surface area contributed by atoms with Gasteiger partial charge in [-0.3, -0.25) is 9.59 Å². The minimum Gasteiger partial charge on any atom is -0.497 e. The number of rotatable bonds is 6. The van der Waals surface area contributed by atoms with Crippen LogP contribution < -0.4 is 15.6 Å². The largest absolute Gasteiger partial charge is 0.497 e. The maximum absolute atomic E-state index is 13.0. The highest BCUT2D eigenvalue weighted by Crippen LogP contribution is 2.21. The maximum atomic E-state index is 13.0. The van der Waals surface area contributed by atoms with Gasteiger partial charge in [-0.05, 0) is 54.6 Å². The Labute approximate surface area is 171 Å². The predicted octanol–water partition coefficient (Wildman–Crippen LogP) is 2.74. The molecule has 0 aliphatic carbocycles. The zero-order valence-corrected chi connectivity index (χ0v) is 16.2. The molecule has 0 saturated heterocycles. The van der Waals surface area contributed by atoms with Crippen molar-refractivity contribution in [3.8, 4) is 17.0 Å². The SMILES string of the molecule is COc1ccc(-c2cc3c(=O)n(CCNC(=O)c4ccc(F)cc4)ccn3n2)cc1. The van der Waals surface area contributed by atoms with Crippen molar-refractivity contribution >= 4 is 11.4 Å². The van der Waals surface area contributed by atoms with E-state index in [0.29, 0.717) is 23.3 Å². The quantitative estimate of drug-likeness (QED) is 0.534. The predicted molar refractivity (Wildman–Crippen MR) is 110 cm³/mol. The van der Waals surface area contributed by atoms with Crippen molar-refractivity contribution in [3.05, 3.63) is 88.7 Å². The van der Waals surface area contributed by atoms with Gasteiger partial charge in [0.1, 0.15) is 17.1 Å². The topological polar surface area (TPSA) is 77.6 Å². The van der Waals surface area contributed by atoms with Gasteiger partial charge >= 0.3 is 0 Å². The minimum absolute atomic E-state index is 0.208. The highest BCUT2D eigenvalue weighted by molar-refractivity contribution is 5.94. The smallest absolute Gasteiger partial charge is 0.276 e. The molecule has 2 aromatic heterocycles. The second kappa shape index (κ2) is 8.20. The number of hydrogen-bond acceptors (Lipinski definition) is 4. The number of fused-ring (bicyclic) bond motifs is 1. The number of hydrogen-bond donors (Lipinski definition) is 1. The third-order valence-corrected chi connectivity index (χ3v) is 4.73. The van der Waals surface area contributed by atoms with E-state index >= 15 is 0 Å². The number of nitrogens with one attached hydrogen (secondary N) is 1. The summed E-state index contributed by atoms with van der Waals surface area (Å²) in [5, 5.41) is 7.19. The van der Waals surface area contributed by atoms with Gasteiger partial charge in [0.25, 0.3) is 11.5 Å². The van der Waals surface area contributed by atoms with Crippen molar-refractivity contribution in [1.82, 2.24) is 19.5 Å². The summed E-state index contributed by atoms with van der Waals surface area (Å²) >= 11 is 0. The first kappa shape index (κ1) is 19.4. The molecule has 8 heteroatoms. The summed E-state index contributed by atoms with van der Waals surface area (Å²) in [6, 6.07) is 14.4. The van der Waals surface area contributed by atoms with Crippen LogP contribution in [0.15, 0.2) is 71.8 Å². The van der Waals surface area contributed by atoms with E-state index in [1.54, 1.807) is 25.6 Å². The van der Waals surface area contributed by atoms with Gasteiger partial charge in [0, 0.05) is 36.6 Å². The van der Waals surface area contributed by atoms with E-state index < -0.39 is 5.82 Å². The zero-order chi connectivity index (χ0) is 21.1. The van der Waals surface area contributed by atoms with Crippen molar-refractivity contribution in [2.24, 2.45) is 0 Å². The molecule has 0 saturated carbocycles. The summed E-state index contributed by atoms with van der Waals surface area (Å²) in [5.41, 5.74) is 2.14. The lowest BCUT2D eigenvalue weighted by Gasteiger charge is -2.08. The first-order valence-electron chi connectivity index (χ1n) is 9.32. The van der Waals surface area contributed by atoms with Crippen LogP contribution in [-0.2, 0) is 6.54 Å². The summed E-state index contributed by atoms with van der Waals surface area (Å²) in [6.45, 7) is 0.553. The molecular weight excluding hydrogens is 387 g/mol. The number of carbonyl (C=O) groups excluding carboxylic acids is 1. The average Bonchev–Trinajstić information content (AvgIpc) is 3.21. The number of carbonyl (C=O) groups is 1. The molecule has 2 aromatic carbocycles. The molecule has 0 atom stereocenters. The van der Waals surface area contributed by atoms with Crippen LogP contribution in [0.3, 0.4) is 0 Å². The highest BCUT2D eigenvalue weighted by Gasteiger charge is 2.10. The van der Waals surface area contributed by atoms with Gasteiger partial charge in [0.2, 0.25) is 0 Å². The molecule has 4 aromatic rings. The summed E-state index contributed by atoms with van der Waals surface area (Å²) in [6.07, 6.45) is 3.33. The Balaban J connectivity index is 1.48. The monoisotopic (exact) mass is 406 g/mol. The van der Waals surface area contributed by atoms with Crippen molar-refractivity contribution in [1.29, 1.82) is 0 Å². The number of nitrogens with zero attached hydrogens (tertiary/aromatic N) is 3. The van der Waals surface area contributed by atoms with Gasteiger partial charge in [-0.15, -0.1) is 0 Å². The van der Waals surface area contributed by atoms with Crippen molar-refractivity contribution in [2.75, 3.05) is 13.7 Å². The number of halogens is 1. The molecule has 1 N–H and O–H groups in total. The summed E-state index contributed by atoms with van der Waals surface area (Å²) in [4.78, 5) is 24.9. The number of aromatic nitrogens is 3. The summed E-state index contributed by atoms with van der Waals surface area (Å²) in [5.74, 6) is 0.0176. The molecule has 0 aliphatic rings. The van der Waals surface area contributed by atoms with Crippen molar-refractivity contribution in [2.45, 2.75) is 6.54 Å². The van der Waals surface area contributed by atoms with Crippen LogP contribution >= 0.6 is 0 Å². The first-order valence-corrected chi connectivity index (χ1v) is 9.32. The fourth-order valence-electron chi connectivity index (χ4n) is 3.10. The number of benzene rings is 2. The van der Waals surface area contributed by atoms with E-state index in [2.05, 4.69) is 10.4 Å². The third kappa shape index (κ3) is 3.93. The lowest BCUT2D eigenvalue weighted by Crippen LogP contribution is -2.31. The molecule has 0 aliphatic heterocycles. The molecule has 0 spiro atoms. The molecule has 0 radical (unpaired) electrons. The van der Waals surface area contributed by atoms with Crippen LogP contribution in [0.25, 0.3) is 16.8 Å². The van der Waals surface area contributed by atoms with Gasteiger partial charge in [-0.1, -0.05) is 0 Å². The normalized spacial score (nSPS) is 10.9. The molecule has 1 amide bonds. The fraction of sp³-hybridized carbons (Fsp3) is 0.136. The van der Waals surface area contributed by atoms with Crippen LogP contribution in [0.4, 0.5) is 4.39 Å². The maximum Gasteiger partial charge on any atom is 0.276 e.